The maximum Gasteiger partial charge on any atom is 0.227 e. The SMILES string of the molecule is CCOc1ccc(-c2noc(CCC(=O)NCCN3CCCCC3C)n2)cc1. The molecule has 0 radical (unpaired) electrons. The van der Waals surface area contributed by atoms with Crippen LogP contribution in [0.3, 0.4) is 0 Å². The van der Waals surface area contributed by atoms with Gasteiger partial charge >= 0.3 is 0 Å². The topological polar surface area (TPSA) is 80.5 Å². The Kier molecular flexibility index (Phi) is 7.42. The summed E-state index contributed by atoms with van der Waals surface area (Å²) in [4.78, 5) is 18.9. The summed E-state index contributed by atoms with van der Waals surface area (Å²) in [5.41, 5.74) is 0.860. The summed E-state index contributed by atoms with van der Waals surface area (Å²) in [7, 11) is 0. The minimum Gasteiger partial charge on any atom is -0.494 e. The van der Waals surface area contributed by atoms with E-state index in [1.54, 1.807) is 0 Å². The molecule has 0 bridgehead atoms. The highest BCUT2D eigenvalue weighted by molar-refractivity contribution is 5.76. The molecular formula is C21H30N4O3. The molecular weight excluding hydrogens is 356 g/mol. The number of likely N-dealkylation sites (tertiary alicyclic amines) is 1. The van der Waals surface area contributed by atoms with Gasteiger partial charge in [-0.1, -0.05) is 11.6 Å². The minimum absolute atomic E-state index is 0.0190. The molecule has 3 rings (SSSR count). The van der Waals surface area contributed by atoms with Crippen molar-refractivity contribution in [2.75, 3.05) is 26.2 Å². The van der Waals surface area contributed by atoms with Gasteiger partial charge in [-0.3, -0.25) is 9.69 Å². The minimum atomic E-state index is 0.0190. The molecule has 28 heavy (non-hydrogen) atoms. The Morgan fingerprint density at radius 3 is 2.89 bits per heavy atom. The van der Waals surface area contributed by atoms with Crippen molar-refractivity contribution in [1.29, 1.82) is 0 Å². The van der Waals surface area contributed by atoms with E-state index in [1.807, 2.05) is 31.2 Å². The third kappa shape index (κ3) is 5.79. The highest BCUT2D eigenvalue weighted by Gasteiger charge is 2.17. The van der Waals surface area contributed by atoms with Gasteiger partial charge in [-0.2, -0.15) is 4.98 Å². The molecule has 1 amide bonds. The number of nitrogens with one attached hydrogen (secondary N) is 1. The maximum absolute atomic E-state index is 12.1. The lowest BCUT2D eigenvalue weighted by molar-refractivity contribution is -0.121. The van der Waals surface area contributed by atoms with Crippen LogP contribution in [0.1, 0.15) is 45.4 Å². The van der Waals surface area contributed by atoms with Gasteiger partial charge in [-0.25, -0.2) is 0 Å². The van der Waals surface area contributed by atoms with Gasteiger partial charge < -0.3 is 14.6 Å². The Morgan fingerprint density at radius 1 is 1.32 bits per heavy atom. The monoisotopic (exact) mass is 386 g/mol. The van der Waals surface area contributed by atoms with Gasteiger partial charge in [-0.05, 0) is 57.5 Å². The second-order valence-corrected chi connectivity index (χ2v) is 7.20. The Bertz CT molecular complexity index is 744. The Morgan fingerprint density at radius 2 is 2.14 bits per heavy atom. The van der Waals surface area contributed by atoms with Gasteiger partial charge in [0.2, 0.25) is 17.6 Å². The largest absolute Gasteiger partial charge is 0.494 e. The van der Waals surface area contributed by atoms with Gasteiger partial charge in [-0.15, -0.1) is 0 Å². The predicted molar refractivity (Wildman–Crippen MR) is 107 cm³/mol. The van der Waals surface area contributed by atoms with Gasteiger partial charge in [0, 0.05) is 37.5 Å². The Balaban J connectivity index is 1.40. The van der Waals surface area contributed by atoms with Crippen LogP contribution >= 0.6 is 0 Å². The number of amides is 1. The van der Waals surface area contributed by atoms with Gasteiger partial charge in [0.15, 0.2) is 0 Å². The lowest BCUT2D eigenvalue weighted by atomic mass is 10.0. The molecule has 2 aromatic rings. The Hall–Kier alpha value is -2.41. The molecule has 1 saturated heterocycles. The van der Waals surface area contributed by atoms with Crippen molar-refractivity contribution in [3.05, 3.63) is 30.2 Å². The van der Waals surface area contributed by atoms with Crippen molar-refractivity contribution in [3.63, 3.8) is 0 Å². The zero-order valence-electron chi connectivity index (χ0n) is 16.8. The van der Waals surface area contributed by atoms with Crippen molar-refractivity contribution in [1.82, 2.24) is 20.4 Å². The fraction of sp³-hybridized carbons (Fsp3) is 0.571. The number of hydrogen-bond acceptors (Lipinski definition) is 6. The van der Waals surface area contributed by atoms with Crippen molar-refractivity contribution >= 4 is 5.91 Å². The van der Waals surface area contributed by atoms with Crippen LogP contribution in [0.25, 0.3) is 11.4 Å². The first kappa shape index (κ1) is 20.3. The summed E-state index contributed by atoms with van der Waals surface area (Å²) >= 11 is 0. The van der Waals surface area contributed by atoms with Gasteiger partial charge in [0.25, 0.3) is 0 Å². The lowest BCUT2D eigenvalue weighted by Gasteiger charge is -2.33. The fourth-order valence-electron chi connectivity index (χ4n) is 3.48. The van der Waals surface area contributed by atoms with Crippen LogP contribution in [0.4, 0.5) is 0 Å². The van der Waals surface area contributed by atoms with E-state index in [2.05, 4.69) is 27.3 Å². The number of benzene rings is 1. The number of piperidine rings is 1. The zero-order valence-corrected chi connectivity index (χ0v) is 16.8. The van der Waals surface area contributed by atoms with E-state index >= 15 is 0 Å². The molecule has 1 unspecified atom stereocenters. The van der Waals surface area contributed by atoms with Crippen LogP contribution in [0.15, 0.2) is 28.8 Å². The third-order valence-electron chi connectivity index (χ3n) is 5.12. The molecule has 1 fully saturated rings. The van der Waals surface area contributed by atoms with Crippen LogP contribution in [-0.4, -0.2) is 53.2 Å². The second-order valence-electron chi connectivity index (χ2n) is 7.20. The molecule has 1 aliphatic heterocycles. The summed E-state index contributed by atoms with van der Waals surface area (Å²) < 4.78 is 10.7. The summed E-state index contributed by atoms with van der Waals surface area (Å²) in [5.74, 6) is 1.83. The third-order valence-corrected chi connectivity index (χ3v) is 5.12. The number of hydrogen-bond donors (Lipinski definition) is 1. The van der Waals surface area contributed by atoms with Crippen LogP contribution in [0, 0.1) is 0 Å². The molecule has 1 atom stereocenters. The van der Waals surface area contributed by atoms with Crippen LogP contribution in [-0.2, 0) is 11.2 Å². The number of rotatable bonds is 9. The smallest absolute Gasteiger partial charge is 0.227 e. The highest BCUT2D eigenvalue weighted by Crippen LogP contribution is 2.20. The molecule has 1 aromatic carbocycles. The first-order chi connectivity index (χ1) is 13.7. The number of aryl methyl sites for hydroxylation is 1. The summed E-state index contributed by atoms with van der Waals surface area (Å²) in [6.45, 7) is 7.57. The fourth-order valence-corrected chi connectivity index (χ4v) is 3.48. The van der Waals surface area contributed by atoms with Gasteiger partial charge in [0.1, 0.15) is 5.75 Å². The van der Waals surface area contributed by atoms with Crippen molar-refractivity contribution in [2.45, 2.75) is 52.0 Å². The molecule has 1 aromatic heterocycles. The summed E-state index contributed by atoms with van der Waals surface area (Å²) in [6.07, 6.45) is 4.61. The van der Waals surface area contributed by atoms with E-state index in [-0.39, 0.29) is 5.91 Å². The van der Waals surface area contributed by atoms with Crippen molar-refractivity contribution in [2.24, 2.45) is 0 Å². The van der Waals surface area contributed by atoms with E-state index in [4.69, 9.17) is 9.26 Å². The van der Waals surface area contributed by atoms with E-state index in [0.29, 0.717) is 43.8 Å². The number of ether oxygens (including phenoxy) is 1. The number of nitrogens with zero attached hydrogens (tertiary/aromatic N) is 3. The zero-order chi connectivity index (χ0) is 19.8. The quantitative estimate of drug-likeness (QED) is 0.713. The summed E-state index contributed by atoms with van der Waals surface area (Å²) in [6, 6.07) is 8.17. The van der Waals surface area contributed by atoms with E-state index in [1.165, 1.54) is 19.3 Å². The second kappa shape index (κ2) is 10.2. The average Bonchev–Trinajstić information content (AvgIpc) is 3.18. The average molecular weight is 386 g/mol. The molecule has 7 nitrogen and oxygen atoms in total. The van der Waals surface area contributed by atoms with Crippen LogP contribution < -0.4 is 10.1 Å². The van der Waals surface area contributed by atoms with Crippen LogP contribution in [0.5, 0.6) is 5.75 Å². The van der Waals surface area contributed by atoms with E-state index in [9.17, 15) is 4.79 Å². The molecule has 0 spiro atoms. The molecule has 1 N–H and O–H groups in total. The normalized spacial score (nSPS) is 17.4. The number of aromatic nitrogens is 2. The lowest BCUT2D eigenvalue weighted by Crippen LogP contribution is -2.42. The maximum atomic E-state index is 12.1. The standard InChI is InChI=1S/C21H30N4O3/c1-3-27-18-9-7-17(8-10-18)21-23-20(28-24-21)12-11-19(26)22-13-15-25-14-5-4-6-16(25)2/h7-10,16H,3-6,11-15H2,1-2H3,(H,22,26). The highest BCUT2D eigenvalue weighted by atomic mass is 16.5. The Labute approximate surface area is 166 Å². The molecule has 0 aliphatic carbocycles. The van der Waals surface area contributed by atoms with Crippen molar-refractivity contribution in [3.8, 4) is 17.1 Å². The van der Waals surface area contributed by atoms with Gasteiger partial charge in [0.05, 0.1) is 6.61 Å². The van der Waals surface area contributed by atoms with Crippen LogP contribution in [0.2, 0.25) is 0 Å². The first-order valence-corrected chi connectivity index (χ1v) is 10.2. The number of carbonyl (C=O) groups excluding carboxylic acids is 1. The molecule has 152 valence electrons. The van der Waals surface area contributed by atoms with Crippen molar-refractivity contribution < 1.29 is 14.1 Å². The van der Waals surface area contributed by atoms with E-state index in [0.717, 1.165) is 24.4 Å². The van der Waals surface area contributed by atoms with E-state index < -0.39 is 0 Å². The molecule has 0 saturated carbocycles. The first-order valence-electron chi connectivity index (χ1n) is 10.2. The molecule has 1 aliphatic rings. The molecule has 2 heterocycles. The molecule has 7 heteroatoms. The number of carbonyl (C=O) groups is 1. The predicted octanol–water partition coefficient (Wildman–Crippen LogP) is 3.06. The summed E-state index contributed by atoms with van der Waals surface area (Å²) in [5, 5.41) is 7.00.